The summed E-state index contributed by atoms with van der Waals surface area (Å²) in [4.78, 5) is 2.57. The summed E-state index contributed by atoms with van der Waals surface area (Å²) in [6, 6.07) is 23.5. The minimum Gasteiger partial charge on any atom is -0.497 e. The molecule has 0 saturated carbocycles. The van der Waals surface area contributed by atoms with Crippen molar-refractivity contribution in [3.8, 4) is 17.2 Å². The lowest BCUT2D eigenvalue weighted by molar-refractivity contribution is 0.205. The summed E-state index contributed by atoms with van der Waals surface area (Å²) in [5.74, 6) is 3.13. The normalized spacial score (nSPS) is 17.6. The fraction of sp³-hybridized carbons (Fsp3) is 0.394. The highest BCUT2D eigenvalue weighted by Crippen LogP contribution is 2.39. The lowest BCUT2D eigenvalue weighted by Gasteiger charge is -2.27. The van der Waals surface area contributed by atoms with Gasteiger partial charge in [-0.25, -0.2) is 0 Å². The Kier molecular flexibility index (Phi) is 8.47. The molecular weight excluding hydrogens is 458 g/mol. The van der Waals surface area contributed by atoms with Gasteiger partial charge in [-0.1, -0.05) is 42.8 Å². The molecule has 3 aromatic carbocycles. The van der Waals surface area contributed by atoms with Gasteiger partial charge in [0.25, 0.3) is 0 Å². The maximum absolute atomic E-state index is 6.06. The largest absolute Gasteiger partial charge is 0.497 e. The van der Waals surface area contributed by atoms with Gasteiger partial charge in [0.2, 0.25) is 0 Å². The Labute approximate surface area is 221 Å². The number of rotatable bonds is 10. The van der Waals surface area contributed by atoms with Crippen LogP contribution in [0.4, 0.5) is 0 Å². The van der Waals surface area contributed by atoms with Crippen molar-refractivity contribution >= 4 is 11.6 Å². The fourth-order valence-electron chi connectivity index (χ4n) is 5.66. The standard InChI is InChI=1S/C33H39NO3/c1-35-31-9-6-8-27(22-31)33-24-26-12-15-32(36-2)23-28(26)21-29(33)20-25-10-13-30(14-11-25)37-19-7-18-34-16-4-3-5-17-34/h6,8-15,22-24,29H,3-5,7,16-21H2,1-2H3. The van der Waals surface area contributed by atoms with Crippen LogP contribution in [0.25, 0.3) is 11.6 Å². The first-order valence-corrected chi connectivity index (χ1v) is 13.7. The second-order valence-corrected chi connectivity index (χ2v) is 10.2. The average Bonchev–Trinajstić information content (AvgIpc) is 2.96. The number of hydrogen-bond acceptors (Lipinski definition) is 4. The van der Waals surface area contributed by atoms with Crippen LogP contribution in [0.2, 0.25) is 0 Å². The fourth-order valence-corrected chi connectivity index (χ4v) is 5.66. The predicted molar refractivity (Wildman–Crippen MR) is 152 cm³/mol. The van der Waals surface area contributed by atoms with Gasteiger partial charge in [-0.15, -0.1) is 0 Å². The van der Waals surface area contributed by atoms with Gasteiger partial charge in [-0.05, 0) is 115 Å². The quantitative estimate of drug-likeness (QED) is 0.285. The number of benzene rings is 3. The molecule has 2 aliphatic rings. The van der Waals surface area contributed by atoms with Gasteiger partial charge in [0.1, 0.15) is 17.2 Å². The van der Waals surface area contributed by atoms with Crippen molar-refractivity contribution in [1.29, 1.82) is 0 Å². The summed E-state index contributed by atoms with van der Waals surface area (Å²) in [7, 11) is 3.46. The number of allylic oxidation sites excluding steroid dienone is 1. The number of hydrogen-bond donors (Lipinski definition) is 0. The number of piperidine rings is 1. The predicted octanol–water partition coefficient (Wildman–Crippen LogP) is 6.91. The molecule has 0 amide bonds. The molecule has 1 aliphatic heterocycles. The average molecular weight is 498 g/mol. The molecule has 0 aromatic heterocycles. The molecule has 1 saturated heterocycles. The smallest absolute Gasteiger partial charge is 0.119 e. The Morgan fingerprint density at radius 3 is 2.35 bits per heavy atom. The van der Waals surface area contributed by atoms with E-state index in [4.69, 9.17) is 14.2 Å². The molecule has 4 nitrogen and oxygen atoms in total. The van der Waals surface area contributed by atoms with E-state index in [-0.39, 0.29) is 0 Å². The number of methoxy groups -OCH3 is 2. The van der Waals surface area contributed by atoms with Crippen LogP contribution in [0.3, 0.4) is 0 Å². The topological polar surface area (TPSA) is 30.9 Å². The summed E-state index contributed by atoms with van der Waals surface area (Å²) in [5, 5.41) is 0. The van der Waals surface area contributed by atoms with Gasteiger partial charge in [0.15, 0.2) is 0 Å². The summed E-state index contributed by atoms with van der Waals surface area (Å²) >= 11 is 0. The zero-order valence-corrected chi connectivity index (χ0v) is 22.2. The zero-order chi connectivity index (χ0) is 25.5. The Hall–Kier alpha value is -3.24. The molecule has 0 spiro atoms. The Morgan fingerprint density at radius 1 is 0.811 bits per heavy atom. The molecule has 0 N–H and O–H groups in total. The minimum atomic E-state index is 0.364. The van der Waals surface area contributed by atoms with Crippen molar-refractivity contribution in [1.82, 2.24) is 4.90 Å². The van der Waals surface area contributed by atoms with E-state index in [9.17, 15) is 0 Å². The van der Waals surface area contributed by atoms with E-state index in [1.807, 2.05) is 12.1 Å². The van der Waals surface area contributed by atoms with E-state index in [0.29, 0.717) is 5.92 Å². The van der Waals surface area contributed by atoms with Gasteiger partial charge in [0, 0.05) is 6.54 Å². The third-order valence-electron chi connectivity index (χ3n) is 7.71. The first-order valence-electron chi connectivity index (χ1n) is 13.7. The number of likely N-dealkylation sites (tertiary alicyclic amines) is 1. The molecule has 194 valence electrons. The van der Waals surface area contributed by atoms with Crippen molar-refractivity contribution in [3.05, 3.63) is 89.0 Å². The number of fused-ring (bicyclic) bond motifs is 1. The van der Waals surface area contributed by atoms with Gasteiger partial charge >= 0.3 is 0 Å². The molecule has 1 fully saturated rings. The van der Waals surface area contributed by atoms with E-state index >= 15 is 0 Å². The zero-order valence-electron chi connectivity index (χ0n) is 22.2. The first-order chi connectivity index (χ1) is 18.2. The van der Waals surface area contributed by atoms with Crippen LogP contribution < -0.4 is 14.2 Å². The third-order valence-corrected chi connectivity index (χ3v) is 7.71. The van der Waals surface area contributed by atoms with Crippen LogP contribution >= 0.6 is 0 Å². The molecule has 1 aliphatic carbocycles. The molecule has 0 radical (unpaired) electrons. The van der Waals surface area contributed by atoms with Crippen LogP contribution in [0.5, 0.6) is 17.2 Å². The monoisotopic (exact) mass is 497 g/mol. The molecule has 1 heterocycles. The van der Waals surface area contributed by atoms with Crippen molar-refractivity contribution in [2.75, 3.05) is 40.5 Å². The molecular formula is C33H39NO3. The summed E-state index contributed by atoms with van der Waals surface area (Å²) < 4.78 is 17.1. The number of nitrogens with zero attached hydrogens (tertiary/aromatic N) is 1. The minimum absolute atomic E-state index is 0.364. The molecule has 4 heteroatoms. The highest BCUT2D eigenvalue weighted by atomic mass is 16.5. The van der Waals surface area contributed by atoms with Crippen molar-refractivity contribution in [3.63, 3.8) is 0 Å². The highest BCUT2D eigenvalue weighted by Gasteiger charge is 2.24. The van der Waals surface area contributed by atoms with E-state index in [2.05, 4.69) is 65.6 Å². The lowest BCUT2D eigenvalue weighted by Crippen LogP contribution is -2.31. The molecule has 1 atom stereocenters. The number of ether oxygens (including phenoxy) is 3. The third kappa shape index (κ3) is 6.56. The molecule has 0 bridgehead atoms. The molecule has 3 aromatic rings. The maximum Gasteiger partial charge on any atom is 0.119 e. The second-order valence-electron chi connectivity index (χ2n) is 10.2. The second kappa shape index (κ2) is 12.3. The maximum atomic E-state index is 6.06. The summed E-state index contributed by atoms with van der Waals surface area (Å²) in [5.41, 5.74) is 6.51. The summed E-state index contributed by atoms with van der Waals surface area (Å²) in [6.07, 6.45) is 9.45. The molecule has 5 rings (SSSR count). The van der Waals surface area contributed by atoms with Gasteiger partial charge in [-0.3, -0.25) is 0 Å². The van der Waals surface area contributed by atoms with E-state index in [1.54, 1.807) is 14.2 Å². The van der Waals surface area contributed by atoms with Crippen molar-refractivity contribution in [2.45, 2.75) is 38.5 Å². The molecule has 1 unspecified atom stereocenters. The van der Waals surface area contributed by atoms with E-state index in [0.717, 1.165) is 49.7 Å². The van der Waals surface area contributed by atoms with Crippen LogP contribution in [-0.4, -0.2) is 45.4 Å². The van der Waals surface area contributed by atoms with E-state index in [1.165, 1.54) is 60.2 Å². The van der Waals surface area contributed by atoms with Crippen molar-refractivity contribution in [2.24, 2.45) is 5.92 Å². The van der Waals surface area contributed by atoms with Gasteiger partial charge in [-0.2, -0.15) is 0 Å². The van der Waals surface area contributed by atoms with Crippen LogP contribution in [-0.2, 0) is 12.8 Å². The molecule has 37 heavy (non-hydrogen) atoms. The van der Waals surface area contributed by atoms with Gasteiger partial charge < -0.3 is 19.1 Å². The van der Waals surface area contributed by atoms with Crippen LogP contribution in [0.15, 0.2) is 66.7 Å². The SMILES string of the molecule is COc1cccc(C2=Cc3ccc(OC)cc3CC2Cc2ccc(OCCCN3CCCCC3)cc2)c1. The summed E-state index contributed by atoms with van der Waals surface area (Å²) in [6.45, 7) is 4.42. The van der Waals surface area contributed by atoms with Crippen molar-refractivity contribution < 1.29 is 14.2 Å². The Bertz CT molecular complexity index is 1190. The highest BCUT2D eigenvalue weighted by molar-refractivity contribution is 5.86. The lowest BCUT2D eigenvalue weighted by atomic mass is 9.77. The van der Waals surface area contributed by atoms with Crippen LogP contribution in [0.1, 0.15) is 47.9 Å². The van der Waals surface area contributed by atoms with E-state index < -0.39 is 0 Å². The van der Waals surface area contributed by atoms with Crippen LogP contribution in [0, 0.1) is 5.92 Å². The van der Waals surface area contributed by atoms with Gasteiger partial charge in [0.05, 0.1) is 20.8 Å². The Morgan fingerprint density at radius 2 is 1.57 bits per heavy atom. The Balaban J connectivity index is 1.27. The first kappa shape index (κ1) is 25.4.